The first-order valence-electron chi connectivity index (χ1n) is 35.0. The van der Waals surface area contributed by atoms with Crippen LogP contribution in [0.15, 0.2) is 405 Å². The van der Waals surface area contributed by atoms with Crippen LogP contribution in [-0.4, -0.2) is 0 Å². The van der Waals surface area contributed by atoms with Crippen LogP contribution in [0.5, 0.6) is 0 Å². The standard InChI is InChI=1S/C49H33NO.C49H33NS/c2*1-4-15-34(16-5-1)35-27-29-38(30-28-35)50(37-19-8-3-9-20-37)39-31-32-46-42(33-39)48-45(25-14-26-47(48)51-46)49(36-17-6-2-7-18-36)43-23-12-10-21-40(43)41-22-11-13-24-44(41)49/h2*1-33H. The fourth-order valence-electron chi connectivity index (χ4n) is 16.8. The molecule has 0 aliphatic heterocycles. The summed E-state index contributed by atoms with van der Waals surface area (Å²) in [5.74, 6) is 0. The minimum atomic E-state index is -0.535. The first-order valence-corrected chi connectivity index (χ1v) is 35.9. The third-order valence-electron chi connectivity index (χ3n) is 21.1. The summed E-state index contributed by atoms with van der Waals surface area (Å²) in [6.07, 6.45) is 0. The smallest absolute Gasteiger partial charge is 0.135 e. The minimum Gasteiger partial charge on any atom is -0.456 e. The van der Waals surface area contributed by atoms with Crippen molar-refractivity contribution in [2.75, 3.05) is 9.80 Å². The van der Waals surface area contributed by atoms with Crippen LogP contribution in [0.25, 0.3) is 86.6 Å². The van der Waals surface area contributed by atoms with E-state index in [-0.39, 0.29) is 0 Å². The SMILES string of the molecule is c1ccc(-c2ccc(N(c3ccccc3)c3ccc4oc5cccc(C6(c7ccccc7)c7ccccc7-c7ccccc76)c5c4c3)cc2)cc1.c1ccc(-c2ccc(N(c3ccccc3)c3ccc4sc5cccc(C6(c7ccccc7)c7ccccc7-c7ccccc76)c5c4c3)cc2)cc1. The largest absolute Gasteiger partial charge is 0.456 e. The van der Waals surface area contributed by atoms with Crippen molar-refractivity contribution in [3.63, 3.8) is 0 Å². The number of para-hydroxylation sites is 2. The molecule has 16 aromatic carbocycles. The molecule has 2 aromatic heterocycles. The molecule has 0 fully saturated rings. The van der Waals surface area contributed by atoms with E-state index in [2.05, 4.69) is 410 Å². The third kappa shape index (κ3) is 9.78. The van der Waals surface area contributed by atoms with E-state index in [0.717, 1.165) is 56.1 Å². The molecule has 0 amide bonds. The zero-order valence-electron chi connectivity index (χ0n) is 55.8. The minimum absolute atomic E-state index is 0.468. The van der Waals surface area contributed by atoms with Crippen molar-refractivity contribution in [2.45, 2.75) is 10.8 Å². The number of furan rings is 1. The Morgan fingerprint density at radius 2 is 0.549 bits per heavy atom. The van der Waals surface area contributed by atoms with Crippen LogP contribution in [0.1, 0.15) is 44.5 Å². The summed E-state index contributed by atoms with van der Waals surface area (Å²) < 4.78 is 9.29. The van der Waals surface area contributed by atoms with Crippen molar-refractivity contribution in [1.82, 2.24) is 0 Å². The van der Waals surface area contributed by atoms with Gasteiger partial charge >= 0.3 is 0 Å². The Morgan fingerprint density at radius 3 is 1.00 bits per heavy atom. The zero-order chi connectivity index (χ0) is 67.6. The summed E-state index contributed by atoms with van der Waals surface area (Å²) in [6, 6.07) is 145. The number of fused-ring (bicyclic) bond motifs is 12. The van der Waals surface area contributed by atoms with Gasteiger partial charge in [-0.2, -0.15) is 0 Å². The lowest BCUT2D eigenvalue weighted by Crippen LogP contribution is -2.28. The highest BCUT2D eigenvalue weighted by molar-refractivity contribution is 7.25. The van der Waals surface area contributed by atoms with E-state index < -0.39 is 10.8 Å². The average Bonchev–Trinajstić information content (AvgIpc) is 1.52. The number of hydrogen-bond donors (Lipinski definition) is 0. The van der Waals surface area contributed by atoms with E-state index in [1.54, 1.807) is 0 Å². The molecule has 0 N–H and O–H groups in total. The molecule has 20 rings (SSSR count). The highest BCUT2D eigenvalue weighted by Gasteiger charge is 2.49. The molecule has 0 bridgehead atoms. The predicted octanol–water partition coefficient (Wildman–Crippen LogP) is 26.6. The fourth-order valence-corrected chi connectivity index (χ4v) is 17.9. The number of nitrogens with zero attached hydrogens (tertiary/aromatic N) is 2. The normalized spacial score (nSPS) is 12.9. The van der Waals surface area contributed by atoms with Crippen molar-refractivity contribution < 1.29 is 4.42 Å². The molecule has 2 heterocycles. The molecule has 18 aromatic rings. The molecule has 0 atom stereocenters. The summed E-state index contributed by atoms with van der Waals surface area (Å²) in [5.41, 5.74) is 27.7. The molecule has 0 radical (unpaired) electrons. The van der Waals surface area contributed by atoms with Gasteiger partial charge in [-0.3, -0.25) is 0 Å². The lowest BCUT2D eigenvalue weighted by Gasteiger charge is -2.34. The molecular weight excluding hydrogens is 1250 g/mol. The Hall–Kier alpha value is -12.9. The van der Waals surface area contributed by atoms with Crippen molar-refractivity contribution in [3.05, 3.63) is 445 Å². The first-order chi connectivity index (χ1) is 50.6. The Labute approximate surface area is 598 Å². The molecule has 2 aliphatic rings. The highest BCUT2D eigenvalue weighted by Crippen LogP contribution is 2.60. The molecule has 0 unspecified atom stereocenters. The number of thiophene rings is 1. The van der Waals surface area contributed by atoms with Gasteiger partial charge in [0.25, 0.3) is 0 Å². The lowest BCUT2D eigenvalue weighted by molar-refractivity contribution is 0.667. The maximum Gasteiger partial charge on any atom is 0.135 e. The highest BCUT2D eigenvalue weighted by atomic mass is 32.1. The first kappa shape index (κ1) is 60.3. The van der Waals surface area contributed by atoms with E-state index in [0.29, 0.717) is 0 Å². The molecule has 4 heteroatoms. The van der Waals surface area contributed by atoms with Gasteiger partial charge in [0.1, 0.15) is 11.2 Å². The summed E-state index contributed by atoms with van der Waals surface area (Å²) in [5, 5.41) is 4.83. The van der Waals surface area contributed by atoms with E-state index in [1.807, 2.05) is 11.3 Å². The Kier molecular flexibility index (Phi) is 14.9. The van der Waals surface area contributed by atoms with Crippen molar-refractivity contribution in [2.24, 2.45) is 0 Å². The van der Waals surface area contributed by atoms with E-state index in [4.69, 9.17) is 4.42 Å². The van der Waals surface area contributed by atoms with Crippen molar-refractivity contribution >= 4 is 87.6 Å². The summed E-state index contributed by atoms with van der Waals surface area (Å²) in [6.45, 7) is 0. The Balaban J connectivity index is 0.000000141. The molecular formula is C98H66N2OS. The molecule has 0 saturated carbocycles. The van der Waals surface area contributed by atoms with Crippen LogP contribution >= 0.6 is 11.3 Å². The van der Waals surface area contributed by atoms with Crippen molar-refractivity contribution in [1.29, 1.82) is 0 Å². The van der Waals surface area contributed by atoms with Gasteiger partial charge in [0.05, 0.1) is 10.8 Å². The van der Waals surface area contributed by atoms with Crippen LogP contribution in [0.2, 0.25) is 0 Å². The van der Waals surface area contributed by atoms with E-state index >= 15 is 0 Å². The Morgan fingerprint density at radius 1 is 0.216 bits per heavy atom. The topological polar surface area (TPSA) is 19.6 Å². The predicted molar refractivity (Wildman–Crippen MR) is 428 cm³/mol. The van der Waals surface area contributed by atoms with Gasteiger partial charge in [-0.1, -0.05) is 303 Å². The second-order valence-electron chi connectivity index (χ2n) is 26.5. The van der Waals surface area contributed by atoms with Crippen LogP contribution in [-0.2, 0) is 10.8 Å². The summed E-state index contributed by atoms with van der Waals surface area (Å²) in [4.78, 5) is 4.72. The van der Waals surface area contributed by atoms with Crippen molar-refractivity contribution in [3.8, 4) is 44.5 Å². The van der Waals surface area contributed by atoms with E-state index in [9.17, 15) is 0 Å². The second kappa shape index (κ2) is 25.1. The molecule has 102 heavy (non-hydrogen) atoms. The van der Waals surface area contributed by atoms with Crippen LogP contribution < -0.4 is 9.80 Å². The quantitative estimate of drug-likeness (QED) is 0.122. The summed E-state index contributed by atoms with van der Waals surface area (Å²) >= 11 is 1.88. The molecule has 480 valence electrons. The average molecular weight is 1320 g/mol. The van der Waals surface area contributed by atoms with Gasteiger partial charge < -0.3 is 14.2 Å². The Bertz CT molecular complexity index is 5640. The number of hydrogen-bond acceptors (Lipinski definition) is 4. The van der Waals surface area contributed by atoms with E-state index in [1.165, 1.54) is 109 Å². The zero-order valence-corrected chi connectivity index (χ0v) is 56.6. The maximum atomic E-state index is 6.70. The monoisotopic (exact) mass is 1320 g/mol. The summed E-state index contributed by atoms with van der Waals surface area (Å²) in [7, 11) is 0. The maximum absolute atomic E-state index is 6.70. The number of anilines is 6. The van der Waals surface area contributed by atoms with Gasteiger partial charge in [-0.05, 0) is 186 Å². The van der Waals surface area contributed by atoms with Gasteiger partial charge in [-0.15, -0.1) is 11.3 Å². The number of benzene rings is 16. The molecule has 0 spiro atoms. The second-order valence-corrected chi connectivity index (χ2v) is 27.6. The van der Waals surface area contributed by atoms with Gasteiger partial charge in [-0.25, -0.2) is 0 Å². The van der Waals surface area contributed by atoms with Crippen LogP contribution in [0, 0.1) is 0 Å². The third-order valence-corrected chi connectivity index (χ3v) is 22.2. The van der Waals surface area contributed by atoms with Crippen LogP contribution in [0.4, 0.5) is 34.1 Å². The molecule has 2 aliphatic carbocycles. The number of rotatable bonds is 12. The van der Waals surface area contributed by atoms with Gasteiger partial charge in [0.2, 0.25) is 0 Å². The lowest BCUT2D eigenvalue weighted by atomic mass is 9.66. The van der Waals surface area contributed by atoms with Crippen LogP contribution in [0.3, 0.4) is 0 Å². The van der Waals surface area contributed by atoms with Gasteiger partial charge in [0.15, 0.2) is 0 Å². The fraction of sp³-hybridized carbons (Fsp3) is 0.0204. The molecule has 3 nitrogen and oxygen atoms in total. The molecule has 0 saturated heterocycles. The van der Waals surface area contributed by atoms with Gasteiger partial charge in [0, 0.05) is 65.1 Å².